The van der Waals surface area contributed by atoms with E-state index in [9.17, 15) is 0 Å². The van der Waals surface area contributed by atoms with Gasteiger partial charge in [-0.3, -0.25) is 0 Å². The zero-order valence-electron chi connectivity index (χ0n) is 12.8. The number of hydrogen-bond acceptors (Lipinski definition) is 5. The molecule has 0 amide bonds. The van der Waals surface area contributed by atoms with E-state index < -0.39 is 0 Å². The maximum Gasteiger partial charge on any atom is 0.143 e. The number of hydrogen-bond donors (Lipinski definition) is 0. The zero-order chi connectivity index (χ0) is 15.8. The van der Waals surface area contributed by atoms with Crippen molar-refractivity contribution in [2.24, 2.45) is 0 Å². The monoisotopic (exact) mass is 381 g/mol. The largest absolute Gasteiger partial charge is 0.363 e. The van der Waals surface area contributed by atoms with E-state index >= 15 is 0 Å². The van der Waals surface area contributed by atoms with Crippen LogP contribution in [-0.4, -0.2) is 73.7 Å². The molecule has 1 rings (SSSR count). The second-order valence-electron chi connectivity index (χ2n) is 4.97. The molecule has 120 valence electrons. The van der Waals surface area contributed by atoms with Crippen LogP contribution in [0.1, 0.15) is 19.8 Å². The number of unbranched alkanes of at least 4 members (excludes halogenated alkanes) is 1. The molecule has 21 heavy (non-hydrogen) atoms. The van der Waals surface area contributed by atoms with Crippen molar-refractivity contribution in [3.05, 3.63) is 0 Å². The Bertz CT molecular complexity index is 378. The zero-order valence-corrected chi connectivity index (χ0v) is 16.9. The van der Waals surface area contributed by atoms with Gasteiger partial charge in [0.2, 0.25) is 0 Å². The van der Waals surface area contributed by atoms with Gasteiger partial charge in [0.15, 0.2) is 0 Å². The second kappa shape index (κ2) is 10.2. The van der Waals surface area contributed by atoms with Crippen molar-refractivity contribution >= 4 is 73.1 Å². The summed E-state index contributed by atoms with van der Waals surface area (Å²) in [5, 5.41) is 0. The Morgan fingerprint density at radius 1 is 1.00 bits per heavy atom. The Balaban J connectivity index is 2.33. The molecule has 8 heteroatoms. The molecule has 1 aliphatic rings. The molecule has 0 radical (unpaired) electrons. The van der Waals surface area contributed by atoms with E-state index in [0.717, 1.165) is 44.9 Å². The summed E-state index contributed by atoms with van der Waals surface area (Å²) in [6, 6.07) is 0. The fourth-order valence-corrected chi connectivity index (χ4v) is 4.56. The van der Waals surface area contributed by atoms with Gasteiger partial charge in [-0.1, -0.05) is 61.8 Å². The number of nitrogens with zero attached hydrogens (tertiary/aromatic N) is 3. The third-order valence-corrected chi connectivity index (χ3v) is 6.76. The Morgan fingerprint density at radius 2 is 1.52 bits per heavy atom. The fraction of sp³-hybridized carbons (Fsp3) is 0.769. The number of thiocarbonyl (C=S) groups is 3. The predicted molar refractivity (Wildman–Crippen MR) is 110 cm³/mol. The molecule has 0 aromatic carbocycles. The lowest BCUT2D eigenvalue weighted by Crippen LogP contribution is -2.49. The third kappa shape index (κ3) is 6.99. The lowest BCUT2D eigenvalue weighted by molar-refractivity contribution is 0.271. The normalized spacial score (nSPS) is 15.0. The summed E-state index contributed by atoms with van der Waals surface area (Å²) >= 11 is 19.6. The Hall–Kier alpha value is 0.370. The molecule has 0 saturated carbocycles. The molecule has 1 heterocycles. The molecule has 1 fully saturated rings. The highest BCUT2D eigenvalue weighted by molar-refractivity contribution is 8.37. The summed E-state index contributed by atoms with van der Waals surface area (Å²) in [7, 11) is 3.89. The van der Waals surface area contributed by atoms with Crippen LogP contribution in [0, 0.1) is 0 Å². The lowest BCUT2D eigenvalue weighted by atomic mass is 10.4. The molecule has 0 atom stereocenters. The first kappa shape index (κ1) is 19.4. The van der Waals surface area contributed by atoms with Crippen molar-refractivity contribution in [3.8, 4) is 0 Å². The van der Waals surface area contributed by atoms with Gasteiger partial charge in [0, 0.05) is 46.0 Å². The fourth-order valence-electron chi connectivity index (χ4n) is 1.70. The van der Waals surface area contributed by atoms with Crippen LogP contribution in [0.5, 0.6) is 0 Å². The predicted octanol–water partition coefficient (Wildman–Crippen LogP) is 3.29. The van der Waals surface area contributed by atoms with Crippen molar-refractivity contribution < 1.29 is 0 Å². The molecule has 0 N–H and O–H groups in total. The molecule has 0 unspecified atom stereocenters. The van der Waals surface area contributed by atoms with Gasteiger partial charge in [-0.05, 0) is 18.2 Å². The highest BCUT2D eigenvalue weighted by Crippen LogP contribution is 2.18. The number of piperazine rings is 1. The summed E-state index contributed by atoms with van der Waals surface area (Å²) in [5.74, 6) is 1.13. The number of rotatable bonds is 3. The van der Waals surface area contributed by atoms with Crippen LogP contribution in [-0.2, 0) is 0 Å². The summed E-state index contributed by atoms with van der Waals surface area (Å²) in [5.41, 5.74) is 0. The van der Waals surface area contributed by atoms with Crippen molar-refractivity contribution in [1.29, 1.82) is 0 Å². The van der Waals surface area contributed by atoms with Gasteiger partial charge in [-0.25, -0.2) is 0 Å². The van der Waals surface area contributed by atoms with E-state index in [1.807, 2.05) is 19.0 Å². The summed E-state index contributed by atoms with van der Waals surface area (Å²) in [6.45, 7) is 5.96. The van der Waals surface area contributed by atoms with E-state index in [2.05, 4.69) is 16.7 Å². The molecule has 0 aliphatic carbocycles. The van der Waals surface area contributed by atoms with Gasteiger partial charge in [-0.15, -0.1) is 0 Å². The van der Waals surface area contributed by atoms with Crippen LogP contribution in [0.15, 0.2) is 0 Å². The van der Waals surface area contributed by atoms with Gasteiger partial charge in [0.05, 0.1) is 0 Å². The van der Waals surface area contributed by atoms with Gasteiger partial charge in [0.25, 0.3) is 0 Å². The number of thioether (sulfide) groups is 2. The van der Waals surface area contributed by atoms with E-state index in [4.69, 9.17) is 36.7 Å². The Labute approximate surface area is 153 Å². The first-order chi connectivity index (χ1) is 9.95. The molecule has 1 aliphatic heterocycles. The van der Waals surface area contributed by atoms with E-state index in [1.54, 1.807) is 11.8 Å². The van der Waals surface area contributed by atoms with Crippen LogP contribution < -0.4 is 0 Å². The molecule has 0 spiro atoms. The Morgan fingerprint density at radius 3 is 2.00 bits per heavy atom. The highest BCUT2D eigenvalue weighted by atomic mass is 32.2. The van der Waals surface area contributed by atoms with Crippen LogP contribution in [0.2, 0.25) is 0 Å². The average Bonchev–Trinajstić information content (AvgIpc) is 2.47. The van der Waals surface area contributed by atoms with Crippen LogP contribution in [0.25, 0.3) is 0 Å². The van der Waals surface area contributed by atoms with E-state index in [-0.39, 0.29) is 0 Å². The molecular formula is C13H23N3S5. The smallest absolute Gasteiger partial charge is 0.143 e. The van der Waals surface area contributed by atoms with Crippen molar-refractivity contribution in [1.82, 2.24) is 14.7 Å². The maximum absolute atomic E-state index is 5.50. The van der Waals surface area contributed by atoms with Crippen molar-refractivity contribution in [2.75, 3.05) is 46.0 Å². The van der Waals surface area contributed by atoms with Crippen LogP contribution >= 0.6 is 60.2 Å². The van der Waals surface area contributed by atoms with Crippen molar-refractivity contribution in [2.45, 2.75) is 19.8 Å². The third-order valence-electron chi connectivity index (χ3n) is 3.06. The minimum absolute atomic E-state index is 0.813. The lowest BCUT2D eigenvalue weighted by Gasteiger charge is -2.37. The van der Waals surface area contributed by atoms with E-state index in [0.29, 0.717) is 0 Å². The maximum atomic E-state index is 5.50. The minimum Gasteiger partial charge on any atom is -0.363 e. The highest BCUT2D eigenvalue weighted by Gasteiger charge is 2.21. The minimum atomic E-state index is 0.813. The van der Waals surface area contributed by atoms with Crippen LogP contribution in [0.4, 0.5) is 0 Å². The Kier molecular flexibility index (Phi) is 9.43. The molecule has 0 bridgehead atoms. The summed E-state index contributed by atoms with van der Waals surface area (Å²) < 4.78 is 2.72. The van der Waals surface area contributed by atoms with E-state index in [1.165, 1.54) is 24.6 Å². The SMILES string of the molecule is CCCCSC(=S)N1CCN(C(=S)SC(=S)N(C)C)CC1. The standard InChI is InChI=1S/C13H23N3S5/c1-4-5-10-20-12(18)15-6-8-16(9-7-15)13(19)21-11(17)14(2)3/h4-10H2,1-3H3. The first-order valence-corrected chi connectivity index (χ1v) is 10.1. The molecule has 0 aromatic rings. The quantitative estimate of drug-likeness (QED) is 0.537. The van der Waals surface area contributed by atoms with Gasteiger partial charge < -0.3 is 14.7 Å². The molecule has 3 nitrogen and oxygen atoms in total. The van der Waals surface area contributed by atoms with Crippen LogP contribution in [0.3, 0.4) is 0 Å². The molecule has 0 aromatic heterocycles. The van der Waals surface area contributed by atoms with Gasteiger partial charge in [0.1, 0.15) is 13.0 Å². The van der Waals surface area contributed by atoms with Gasteiger partial charge >= 0.3 is 0 Å². The summed E-state index contributed by atoms with van der Waals surface area (Å²) in [4.78, 5) is 6.44. The molecular weight excluding hydrogens is 358 g/mol. The average molecular weight is 382 g/mol. The second-order valence-corrected chi connectivity index (χ2v) is 8.97. The van der Waals surface area contributed by atoms with Crippen molar-refractivity contribution in [3.63, 3.8) is 0 Å². The van der Waals surface area contributed by atoms with Gasteiger partial charge in [-0.2, -0.15) is 0 Å². The molecule has 1 saturated heterocycles. The topological polar surface area (TPSA) is 9.72 Å². The summed E-state index contributed by atoms with van der Waals surface area (Å²) in [6.07, 6.45) is 2.45. The first-order valence-electron chi connectivity index (χ1n) is 7.05.